The van der Waals surface area contributed by atoms with E-state index in [2.05, 4.69) is 0 Å². The lowest BCUT2D eigenvalue weighted by molar-refractivity contribution is 0.676. The molecule has 0 aliphatic carbocycles. The van der Waals surface area contributed by atoms with E-state index in [0.29, 0.717) is 13.1 Å². The molecule has 1 atom stereocenters. The molecule has 16 heavy (non-hydrogen) atoms. The van der Waals surface area contributed by atoms with Crippen molar-refractivity contribution >= 4 is 85.2 Å². The van der Waals surface area contributed by atoms with E-state index in [9.17, 15) is 0 Å². The van der Waals surface area contributed by atoms with Crippen LogP contribution >= 0.6 is 0 Å². The summed E-state index contributed by atoms with van der Waals surface area (Å²) < 4.78 is 0. The van der Waals surface area contributed by atoms with Crippen molar-refractivity contribution in [1.29, 1.82) is 0 Å². The first-order valence-corrected chi connectivity index (χ1v) is 5.93. The van der Waals surface area contributed by atoms with Gasteiger partial charge in [-0.3, -0.25) is 0 Å². The summed E-state index contributed by atoms with van der Waals surface area (Å²) in [5.41, 5.74) is 0. The van der Waals surface area contributed by atoms with Gasteiger partial charge in [0.1, 0.15) is 0 Å². The molecule has 2 heterocycles. The second-order valence-electron chi connectivity index (χ2n) is 5.31. The van der Waals surface area contributed by atoms with Crippen LogP contribution in [-0.2, 0) is 0 Å². The molecule has 0 N–H and O–H groups in total. The van der Waals surface area contributed by atoms with Crippen LogP contribution in [-0.4, -0.2) is 85.2 Å². The zero-order valence-electron chi connectivity index (χ0n) is 9.55. The van der Waals surface area contributed by atoms with Crippen LogP contribution in [0.2, 0.25) is 17.9 Å². The first-order chi connectivity index (χ1) is 7.56. The molecule has 58 valence electrons. The predicted octanol–water partition coefficient (Wildman–Crippen LogP) is -3.04. The second kappa shape index (κ2) is 4.81. The summed E-state index contributed by atoms with van der Waals surface area (Å²) in [7, 11) is 32.3. The SMILES string of the molecule is [B][B]B([B])B1CC2(CCB2[B][B])B1B([B])[B]. The summed E-state index contributed by atoms with van der Waals surface area (Å²) in [6.07, 6.45) is 2.93. The first-order valence-electron chi connectivity index (χ1n) is 5.93. The van der Waals surface area contributed by atoms with Crippen LogP contribution in [0.1, 0.15) is 6.42 Å². The van der Waals surface area contributed by atoms with E-state index in [1.807, 2.05) is 0 Å². The molecule has 0 amide bonds. The van der Waals surface area contributed by atoms with Gasteiger partial charge < -0.3 is 0 Å². The van der Waals surface area contributed by atoms with Crippen LogP contribution in [0, 0.1) is 0 Å². The van der Waals surface area contributed by atoms with E-state index in [4.69, 9.17) is 38.7 Å². The van der Waals surface area contributed by atoms with Crippen LogP contribution in [0.15, 0.2) is 0 Å². The number of hydrogen-bond acceptors (Lipinski definition) is 0. The fourth-order valence-corrected chi connectivity index (χ4v) is 3.79. The quantitative estimate of drug-likeness (QED) is 0.407. The largest absolute Gasteiger partial charge is 0.101 e. The standard InChI is InChI=1S/C4H6B12/c5-10-12-2-1-4(12)3-13(16(9)11-6)14(4)15(7)8/h1-3H2. The van der Waals surface area contributed by atoms with E-state index in [0.717, 1.165) is 19.1 Å². The molecule has 2 fully saturated rings. The molecule has 1 unspecified atom stereocenters. The van der Waals surface area contributed by atoms with Crippen LogP contribution in [0.5, 0.6) is 0 Å². The Labute approximate surface area is 109 Å². The molecule has 0 nitrogen and oxygen atoms in total. The van der Waals surface area contributed by atoms with E-state index in [1.165, 1.54) is 0 Å². The Bertz CT molecular complexity index is 253. The van der Waals surface area contributed by atoms with Crippen molar-refractivity contribution in [2.75, 3.05) is 0 Å². The minimum atomic E-state index is -0.326. The zero-order valence-corrected chi connectivity index (χ0v) is 9.55. The smallest absolute Gasteiger partial charge is 0.0869 e. The summed E-state index contributed by atoms with van der Waals surface area (Å²) in [6, 6.07) is 0. The van der Waals surface area contributed by atoms with Gasteiger partial charge in [0, 0.05) is 65.6 Å². The fourth-order valence-electron chi connectivity index (χ4n) is 3.79. The molecule has 1 spiro atoms. The summed E-state index contributed by atoms with van der Waals surface area (Å²) in [6.45, 7) is 1.02. The lowest BCUT2D eigenvalue weighted by Crippen LogP contribution is -2.80. The van der Waals surface area contributed by atoms with Crippen molar-refractivity contribution in [2.24, 2.45) is 0 Å². The van der Waals surface area contributed by atoms with Gasteiger partial charge in [0.15, 0.2) is 0 Å². The van der Waals surface area contributed by atoms with Crippen molar-refractivity contribution in [3.05, 3.63) is 0 Å². The van der Waals surface area contributed by atoms with Gasteiger partial charge in [-0.05, 0) is 0 Å². The maximum Gasteiger partial charge on any atom is 0.0869 e. The highest BCUT2D eigenvalue weighted by atomic mass is 14.2. The molecule has 0 aromatic heterocycles. The Balaban J connectivity index is 2.08. The Morgan fingerprint density at radius 2 is 1.88 bits per heavy atom. The van der Waals surface area contributed by atoms with Gasteiger partial charge in [-0.15, -0.1) is 5.21 Å². The summed E-state index contributed by atoms with van der Waals surface area (Å²) in [5.74, 6) is 0. The molecule has 12 radical (unpaired) electrons. The Hall–Kier alpha value is 0.779. The van der Waals surface area contributed by atoms with E-state index >= 15 is 0 Å². The van der Waals surface area contributed by atoms with Gasteiger partial charge in [-0.2, -0.15) is 0 Å². The Morgan fingerprint density at radius 1 is 1.19 bits per heavy atom. The Kier molecular flexibility index (Phi) is 3.97. The molecule has 0 aromatic carbocycles. The highest BCUT2D eigenvalue weighted by Crippen LogP contribution is 2.60. The maximum absolute atomic E-state index is 5.96. The lowest BCUT2D eigenvalue weighted by atomic mass is 8.53. The third-order valence-electron chi connectivity index (χ3n) is 4.76. The van der Waals surface area contributed by atoms with Crippen molar-refractivity contribution in [1.82, 2.24) is 0 Å². The minimum Gasteiger partial charge on any atom is -0.101 e. The normalized spacial score (nSPS) is 27.1. The third-order valence-corrected chi connectivity index (χ3v) is 4.76. The van der Waals surface area contributed by atoms with Crippen molar-refractivity contribution in [3.8, 4) is 0 Å². The molecular weight excluding hydrogens is 178 g/mol. The first kappa shape index (κ1) is 13.2. The lowest BCUT2D eigenvalue weighted by Gasteiger charge is -2.67. The van der Waals surface area contributed by atoms with Crippen molar-refractivity contribution in [2.45, 2.75) is 24.3 Å². The highest BCUT2D eigenvalue weighted by Gasteiger charge is 2.64. The molecule has 2 aliphatic rings. The summed E-state index contributed by atoms with van der Waals surface area (Å²) >= 11 is 0. The summed E-state index contributed by atoms with van der Waals surface area (Å²) in [5, 5.41) is 0.216. The molecule has 2 aliphatic heterocycles. The molecule has 2 saturated heterocycles. The molecule has 0 bridgehead atoms. The minimum absolute atomic E-state index is 0.107. The maximum atomic E-state index is 5.96. The van der Waals surface area contributed by atoms with Crippen LogP contribution < -0.4 is 0 Å². The van der Waals surface area contributed by atoms with Gasteiger partial charge in [0.25, 0.3) is 0 Å². The number of hydrogen-bond donors (Lipinski definition) is 0. The van der Waals surface area contributed by atoms with Crippen molar-refractivity contribution < 1.29 is 0 Å². The van der Waals surface area contributed by atoms with Gasteiger partial charge in [-0.1, -0.05) is 19.1 Å². The average Bonchev–Trinajstić information content (AvgIpc) is 2.14. The molecular formula is C4H6B12. The predicted molar refractivity (Wildman–Crippen MR) is 86.0 cm³/mol. The molecule has 2 rings (SSSR count). The third kappa shape index (κ3) is 1.77. The van der Waals surface area contributed by atoms with Crippen LogP contribution in [0.25, 0.3) is 0 Å². The molecule has 0 aromatic rings. The fraction of sp³-hybridized carbons (Fsp3) is 1.00. The van der Waals surface area contributed by atoms with E-state index in [1.54, 1.807) is 14.1 Å². The van der Waals surface area contributed by atoms with Gasteiger partial charge >= 0.3 is 0 Å². The van der Waals surface area contributed by atoms with Gasteiger partial charge in [-0.25, -0.2) is 0 Å². The van der Waals surface area contributed by atoms with Gasteiger partial charge in [0.2, 0.25) is 0 Å². The molecule has 0 saturated carbocycles. The monoisotopic (exact) mass is 186 g/mol. The van der Waals surface area contributed by atoms with E-state index in [-0.39, 0.29) is 24.5 Å². The van der Waals surface area contributed by atoms with Crippen LogP contribution in [0.4, 0.5) is 0 Å². The van der Waals surface area contributed by atoms with Gasteiger partial charge in [0.05, 0.1) is 19.6 Å². The summed E-state index contributed by atoms with van der Waals surface area (Å²) in [4.78, 5) is 0. The van der Waals surface area contributed by atoms with E-state index < -0.39 is 0 Å². The Morgan fingerprint density at radius 3 is 2.25 bits per heavy atom. The highest BCUT2D eigenvalue weighted by molar-refractivity contribution is 7.91. The topological polar surface area (TPSA) is 0 Å². The average molecular weight is 184 g/mol. The zero-order chi connectivity index (χ0) is 11.9. The van der Waals surface area contributed by atoms with Crippen molar-refractivity contribution in [3.63, 3.8) is 0 Å². The number of rotatable bonds is 4. The molecule has 12 heteroatoms. The van der Waals surface area contributed by atoms with Crippen LogP contribution in [0.3, 0.4) is 0 Å². The second-order valence-corrected chi connectivity index (χ2v) is 5.31.